The lowest BCUT2D eigenvalue weighted by Crippen LogP contribution is -2.14. The zero-order chi connectivity index (χ0) is 16.2. The molecule has 0 aliphatic heterocycles. The maximum Gasteiger partial charge on any atom is 0.261 e. The van der Waals surface area contributed by atoms with E-state index in [1.165, 1.54) is 0 Å². The predicted molar refractivity (Wildman–Crippen MR) is 86.9 cm³/mol. The van der Waals surface area contributed by atoms with Crippen molar-refractivity contribution in [2.24, 2.45) is 0 Å². The van der Waals surface area contributed by atoms with Crippen LogP contribution in [-0.2, 0) is 0 Å². The second kappa shape index (κ2) is 6.58. The van der Waals surface area contributed by atoms with Gasteiger partial charge in [-0.25, -0.2) is 4.98 Å². The molecule has 0 aliphatic rings. The first kappa shape index (κ1) is 15.2. The molecule has 0 aliphatic carbocycles. The highest BCUT2D eigenvalue weighted by Gasteiger charge is 2.15. The molecular weight excluding hydrogens is 292 g/mol. The molecule has 1 unspecified atom stereocenters. The van der Waals surface area contributed by atoms with Gasteiger partial charge < -0.3 is 14.9 Å². The van der Waals surface area contributed by atoms with Gasteiger partial charge in [0.25, 0.3) is 5.89 Å². The summed E-state index contributed by atoms with van der Waals surface area (Å²) < 4.78 is 5.20. The second-order valence-electron chi connectivity index (χ2n) is 5.30. The highest BCUT2D eigenvalue weighted by atomic mass is 16.5. The van der Waals surface area contributed by atoms with Crippen molar-refractivity contribution >= 4 is 5.82 Å². The molecule has 2 aromatic heterocycles. The van der Waals surface area contributed by atoms with Crippen LogP contribution < -0.4 is 5.32 Å². The van der Waals surface area contributed by atoms with E-state index in [0.717, 1.165) is 11.1 Å². The first-order chi connectivity index (χ1) is 11.1. The number of hydrogen-bond acceptors (Lipinski definition) is 6. The quantitative estimate of drug-likeness (QED) is 0.754. The van der Waals surface area contributed by atoms with Crippen molar-refractivity contribution in [2.75, 3.05) is 11.9 Å². The lowest BCUT2D eigenvalue weighted by Gasteiger charge is -2.15. The average molecular weight is 310 g/mol. The van der Waals surface area contributed by atoms with Crippen LogP contribution in [0.4, 0.5) is 5.82 Å². The first-order valence-corrected chi connectivity index (χ1v) is 7.38. The van der Waals surface area contributed by atoms with Gasteiger partial charge in [0.15, 0.2) is 5.82 Å². The fourth-order valence-corrected chi connectivity index (χ4v) is 2.39. The Morgan fingerprint density at radius 1 is 1.17 bits per heavy atom. The third kappa shape index (κ3) is 3.37. The molecule has 0 saturated carbocycles. The van der Waals surface area contributed by atoms with E-state index in [1.54, 1.807) is 19.2 Å². The van der Waals surface area contributed by atoms with Gasteiger partial charge in [-0.1, -0.05) is 29.4 Å². The van der Waals surface area contributed by atoms with Crippen molar-refractivity contribution in [1.29, 1.82) is 0 Å². The molecule has 1 atom stereocenters. The van der Waals surface area contributed by atoms with E-state index in [1.807, 2.05) is 37.3 Å². The van der Waals surface area contributed by atoms with Crippen LogP contribution in [0.3, 0.4) is 0 Å². The molecular formula is C17H18N4O2. The standard InChI is InChI=1S/C17H18N4O2/c1-11-6-3-4-7-13(11)15(22)10-19-16-14(8-5-9-18-16)17-20-12(2)21-23-17/h3-9,15,22H,10H2,1-2H3,(H,18,19). The molecule has 0 amide bonds. The smallest absolute Gasteiger partial charge is 0.261 e. The SMILES string of the molecule is Cc1noc(-c2cccnc2NCC(O)c2ccccc2C)n1. The molecule has 23 heavy (non-hydrogen) atoms. The summed E-state index contributed by atoms with van der Waals surface area (Å²) in [4.78, 5) is 8.52. The van der Waals surface area contributed by atoms with Crippen LogP contribution in [0.5, 0.6) is 0 Å². The van der Waals surface area contributed by atoms with Gasteiger partial charge in [-0.05, 0) is 37.1 Å². The minimum atomic E-state index is -0.629. The fourth-order valence-electron chi connectivity index (χ4n) is 2.39. The van der Waals surface area contributed by atoms with Crippen LogP contribution in [0, 0.1) is 13.8 Å². The van der Waals surface area contributed by atoms with Gasteiger partial charge in [0.1, 0.15) is 5.82 Å². The van der Waals surface area contributed by atoms with E-state index in [4.69, 9.17) is 4.52 Å². The molecule has 0 saturated heterocycles. The number of rotatable bonds is 5. The zero-order valence-electron chi connectivity index (χ0n) is 13.0. The molecule has 6 heteroatoms. The van der Waals surface area contributed by atoms with Gasteiger partial charge >= 0.3 is 0 Å². The summed E-state index contributed by atoms with van der Waals surface area (Å²) >= 11 is 0. The zero-order valence-corrected chi connectivity index (χ0v) is 13.0. The molecule has 2 heterocycles. The predicted octanol–water partition coefficient (Wildman–Crippen LogP) is 2.89. The van der Waals surface area contributed by atoms with Crippen LogP contribution in [0.15, 0.2) is 47.1 Å². The van der Waals surface area contributed by atoms with Gasteiger partial charge in [-0.15, -0.1) is 0 Å². The number of pyridine rings is 1. The topological polar surface area (TPSA) is 84.1 Å². The number of nitrogens with one attached hydrogen (secondary N) is 1. The molecule has 3 rings (SSSR count). The molecule has 2 N–H and O–H groups in total. The van der Waals surface area contributed by atoms with Crippen molar-refractivity contribution in [3.8, 4) is 11.5 Å². The monoisotopic (exact) mass is 310 g/mol. The number of aliphatic hydroxyl groups excluding tert-OH is 1. The van der Waals surface area contributed by atoms with Crippen molar-refractivity contribution in [2.45, 2.75) is 20.0 Å². The lowest BCUT2D eigenvalue weighted by atomic mass is 10.0. The minimum Gasteiger partial charge on any atom is -0.387 e. The molecule has 118 valence electrons. The van der Waals surface area contributed by atoms with Gasteiger partial charge in [0.2, 0.25) is 0 Å². The summed E-state index contributed by atoms with van der Waals surface area (Å²) in [7, 11) is 0. The van der Waals surface area contributed by atoms with Crippen LogP contribution in [0.25, 0.3) is 11.5 Å². The number of aromatic nitrogens is 3. The van der Waals surface area contributed by atoms with Gasteiger partial charge in [-0.3, -0.25) is 0 Å². The maximum atomic E-state index is 10.4. The first-order valence-electron chi connectivity index (χ1n) is 7.38. The number of nitrogens with zero attached hydrogens (tertiary/aromatic N) is 3. The number of hydrogen-bond donors (Lipinski definition) is 2. The highest BCUT2D eigenvalue weighted by Crippen LogP contribution is 2.25. The molecule has 0 spiro atoms. The summed E-state index contributed by atoms with van der Waals surface area (Å²) in [5.74, 6) is 1.57. The van der Waals surface area contributed by atoms with Crippen molar-refractivity contribution < 1.29 is 9.63 Å². The van der Waals surface area contributed by atoms with Gasteiger partial charge in [0, 0.05) is 12.7 Å². The Morgan fingerprint density at radius 2 is 2.00 bits per heavy atom. The second-order valence-corrected chi connectivity index (χ2v) is 5.30. The summed E-state index contributed by atoms with van der Waals surface area (Å²) in [5, 5.41) is 17.3. The van der Waals surface area contributed by atoms with Crippen molar-refractivity contribution in [1.82, 2.24) is 15.1 Å². The molecule has 3 aromatic rings. The Kier molecular flexibility index (Phi) is 4.34. The van der Waals surface area contributed by atoms with Crippen LogP contribution in [0.2, 0.25) is 0 Å². The molecule has 0 bridgehead atoms. The Bertz CT molecular complexity index is 801. The molecule has 6 nitrogen and oxygen atoms in total. The van der Waals surface area contributed by atoms with Crippen LogP contribution in [-0.4, -0.2) is 26.8 Å². The molecule has 1 aromatic carbocycles. The normalized spacial score (nSPS) is 12.1. The van der Waals surface area contributed by atoms with Gasteiger partial charge in [0.05, 0.1) is 11.7 Å². The van der Waals surface area contributed by atoms with Gasteiger partial charge in [-0.2, -0.15) is 4.98 Å². The molecule has 0 fully saturated rings. The third-order valence-corrected chi connectivity index (χ3v) is 3.58. The van der Waals surface area contributed by atoms with Crippen LogP contribution >= 0.6 is 0 Å². The summed E-state index contributed by atoms with van der Waals surface area (Å²) in [6.45, 7) is 4.08. The Morgan fingerprint density at radius 3 is 2.74 bits per heavy atom. The highest BCUT2D eigenvalue weighted by molar-refractivity contribution is 5.68. The largest absolute Gasteiger partial charge is 0.387 e. The Hall–Kier alpha value is -2.73. The van der Waals surface area contributed by atoms with E-state index < -0.39 is 6.10 Å². The average Bonchev–Trinajstić information content (AvgIpc) is 2.99. The van der Waals surface area contributed by atoms with Crippen molar-refractivity contribution in [3.05, 3.63) is 59.5 Å². The van der Waals surface area contributed by atoms with Crippen molar-refractivity contribution in [3.63, 3.8) is 0 Å². The summed E-state index contributed by atoms with van der Waals surface area (Å²) in [6, 6.07) is 11.4. The number of anilines is 1. The number of aryl methyl sites for hydroxylation is 2. The van der Waals surface area contributed by atoms with Crippen LogP contribution in [0.1, 0.15) is 23.1 Å². The van der Waals surface area contributed by atoms with E-state index in [9.17, 15) is 5.11 Å². The molecule has 0 radical (unpaired) electrons. The number of aliphatic hydroxyl groups is 1. The summed E-state index contributed by atoms with van der Waals surface area (Å²) in [5.41, 5.74) is 2.66. The number of benzene rings is 1. The van der Waals surface area contributed by atoms with E-state index in [-0.39, 0.29) is 0 Å². The maximum absolute atomic E-state index is 10.4. The Labute approximate surface area is 134 Å². The van der Waals surface area contributed by atoms with E-state index in [0.29, 0.717) is 29.6 Å². The fraction of sp³-hybridized carbons (Fsp3) is 0.235. The Balaban J connectivity index is 1.78. The lowest BCUT2D eigenvalue weighted by molar-refractivity contribution is 0.191. The van der Waals surface area contributed by atoms with E-state index >= 15 is 0 Å². The minimum absolute atomic E-state index is 0.335. The van der Waals surface area contributed by atoms with E-state index in [2.05, 4.69) is 20.4 Å². The third-order valence-electron chi connectivity index (χ3n) is 3.58. The summed E-state index contributed by atoms with van der Waals surface area (Å²) in [6.07, 6.45) is 1.05.